The van der Waals surface area contributed by atoms with Crippen molar-refractivity contribution in [2.75, 3.05) is 5.32 Å². The second kappa shape index (κ2) is 6.01. The number of hydrogen-bond donors (Lipinski definition) is 2. The van der Waals surface area contributed by atoms with Gasteiger partial charge in [0.1, 0.15) is 10.8 Å². The van der Waals surface area contributed by atoms with E-state index in [-0.39, 0.29) is 11.9 Å². The minimum Gasteiger partial charge on any atom is -0.389 e. The minimum absolute atomic E-state index is 0.0146. The van der Waals surface area contributed by atoms with E-state index < -0.39 is 0 Å². The molecule has 104 valence electrons. The third kappa shape index (κ3) is 3.33. The molecule has 1 atom stereocenters. The van der Waals surface area contributed by atoms with Crippen LogP contribution in [-0.4, -0.2) is 4.99 Å². The second-order valence-electron chi connectivity index (χ2n) is 4.82. The van der Waals surface area contributed by atoms with Gasteiger partial charge in [0.15, 0.2) is 0 Å². The molecule has 2 nitrogen and oxygen atoms in total. The van der Waals surface area contributed by atoms with Crippen LogP contribution in [0.4, 0.5) is 10.1 Å². The lowest BCUT2D eigenvalue weighted by Gasteiger charge is -2.16. The number of benzene rings is 2. The lowest BCUT2D eigenvalue weighted by atomic mass is 10.1. The zero-order valence-corrected chi connectivity index (χ0v) is 12.3. The molecule has 0 spiro atoms. The monoisotopic (exact) mass is 288 g/mol. The number of aryl methyl sites for hydroxylation is 1. The summed E-state index contributed by atoms with van der Waals surface area (Å²) >= 11 is 4.91. The number of halogens is 1. The molecule has 0 radical (unpaired) electrons. The Labute approximate surface area is 123 Å². The van der Waals surface area contributed by atoms with Gasteiger partial charge in [0.05, 0.1) is 0 Å². The Hall–Kier alpha value is -1.94. The highest BCUT2D eigenvalue weighted by molar-refractivity contribution is 7.80. The van der Waals surface area contributed by atoms with E-state index in [0.717, 1.165) is 16.8 Å². The van der Waals surface area contributed by atoms with Crippen LogP contribution >= 0.6 is 12.2 Å². The van der Waals surface area contributed by atoms with Gasteiger partial charge in [0.25, 0.3) is 0 Å². The molecule has 0 aliphatic heterocycles. The van der Waals surface area contributed by atoms with Crippen LogP contribution in [0.3, 0.4) is 0 Å². The van der Waals surface area contributed by atoms with Crippen LogP contribution < -0.4 is 11.1 Å². The van der Waals surface area contributed by atoms with Gasteiger partial charge in [-0.2, -0.15) is 0 Å². The van der Waals surface area contributed by atoms with Gasteiger partial charge in [-0.25, -0.2) is 4.39 Å². The molecule has 1 unspecified atom stereocenters. The molecular formula is C16H17FN2S. The van der Waals surface area contributed by atoms with Crippen molar-refractivity contribution < 1.29 is 4.39 Å². The lowest BCUT2D eigenvalue weighted by Crippen LogP contribution is -2.10. The highest BCUT2D eigenvalue weighted by Crippen LogP contribution is 2.21. The second-order valence-corrected chi connectivity index (χ2v) is 5.26. The summed E-state index contributed by atoms with van der Waals surface area (Å²) in [5, 5.41) is 3.32. The summed E-state index contributed by atoms with van der Waals surface area (Å²) in [5.41, 5.74) is 8.90. The van der Waals surface area contributed by atoms with Gasteiger partial charge in [-0.3, -0.25) is 0 Å². The molecular weight excluding hydrogens is 271 g/mol. The van der Waals surface area contributed by atoms with Crippen molar-refractivity contribution >= 4 is 22.9 Å². The van der Waals surface area contributed by atoms with Crippen LogP contribution in [0.15, 0.2) is 42.5 Å². The predicted octanol–water partition coefficient (Wildman–Crippen LogP) is 3.94. The van der Waals surface area contributed by atoms with E-state index >= 15 is 0 Å². The summed E-state index contributed by atoms with van der Waals surface area (Å²) in [6.07, 6.45) is 0. The average molecular weight is 288 g/mol. The number of rotatable bonds is 4. The smallest absolute Gasteiger partial charge is 0.126 e. The molecule has 0 bridgehead atoms. The Kier molecular flexibility index (Phi) is 4.35. The summed E-state index contributed by atoms with van der Waals surface area (Å²) in [6.45, 7) is 3.75. The SMILES string of the molecule is Cc1ccc(C(C)Nc2ccc(C(N)=S)cc2)cc1F. The third-order valence-electron chi connectivity index (χ3n) is 3.25. The van der Waals surface area contributed by atoms with E-state index in [4.69, 9.17) is 18.0 Å². The first-order chi connectivity index (χ1) is 9.47. The fourth-order valence-electron chi connectivity index (χ4n) is 1.94. The summed E-state index contributed by atoms with van der Waals surface area (Å²) < 4.78 is 13.6. The van der Waals surface area contributed by atoms with Crippen molar-refractivity contribution in [3.05, 3.63) is 65.0 Å². The van der Waals surface area contributed by atoms with E-state index in [0.29, 0.717) is 10.6 Å². The maximum atomic E-state index is 13.6. The topological polar surface area (TPSA) is 38.0 Å². The molecule has 3 N–H and O–H groups in total. The molecule has 2 rings (SSSR count). The van der Waals surface area contributed by atoms with E-state index in [1.807, 2.05) is 37.3 Å². The first-order valence-corrected chi connectivity index (χ1v) is 6.80. The van der Waals surface area contributed by atoms with Crippen LogP contribution in [0.5, 0.6) is 0 Å². The number of nitrogens with two attached hydrogens (primary N) is 1. The van der Waals surface area contributed by atoms with Crippen molar-refractivity contribution in [2.45, 2.75) is 19.9 Å². The Morgan fingerprint density at radius 2 is 1.85 bits per heavy atom. The zero-order valence-electron chi connectivity index (χ0n) is 11.5. The van der Waals surface area contributed by atoms with E-state index in [1.165, 1.54) is 0 Å². The average Bonchev–Trinajstić information content (AvgIpc) is 2.42. The van der Waals surface area contributed by atoms with Crippen molar-refractivity contribution in [3.63, 3.8) is 0 Å². The zero-order chi connectivity index (χ0) is 14.7. The molecule has 0 aliphatic rings. The molecule has 0 saturated carbocycles. The normalized spacial score (nSPS) is 11.9. The first-order valence-electron chi connectivity index (χ1n) is 6.40. The number of nitrogens with one attached hydrogen (secondary N) is 1. The highest BCUT2D eigenvalue weighted by Gasteiger charge is 2.08. The summed E-state index contributed by atoms with van der Waals surface area (Å²) in [5.74, 6) is -0.181. The predicted molar refractivity (Wildman–Crippen MR) is 85.5 cm³/mol. The van der Waals surface area contributed by atoms with Crippen LogP contribution in [0.2, 0.25) is 0 Å². The first kappa shape index (κ1) is 14.5. The quantitative estimate of drug-likeness (QED) is 0.837. The third-order valence-corrected chi connectivity index (χ3v) is 3.48. The molecule has 2 aromatic carbocycles. The molecule has 0 aromatic heterocycles. The van der Waals surface area contributed by atoms with E-state index in [2.05, 4.69) is 5.32 Å². The van der Waals surface area contributed by atoms with Gasteiger partial charge >= 0.3 is 0 Å². The standard InChI is InChI=1S/C16H17FN2S/c1-10-3-4-13(9-15(10)17)11(2)19-14-7-5-12(6-8-14)16(18)20/h3-9,11,19H,1-2H3,(H2,18,20). The van der Waals surface area contributed by atoms with Crippen molar-refractivity contribution in [1.82, 2.24) is 0 Å². The van der Waals surface area contributed by atoms with Gasteiger partial charge in [0, 0.05) is 17.3 Å². The summed E-state index contributed by atoms with van der Waals surface area (Å²) in [7, 11) is 0. The van der Waals surface area contributed by atoms with Gasteiger partial charge in [-0.1, -0.05) is 24.4 Å². The minimum atomic E-state index is -0.181. The van der Waals surface area contributed by atoms with Gasteiger partial charge in [-0.15, -0.1) is 0 Å². The molecule has 0 amide bonds. The van der Waals surface area contributed by atoms with Gasteiger partial charge in [0.2, 0.25) is 0 Å². The largest absolute Gasteiger partial charge is 0.389 e. The van der Waals surface area contributed by atoms with Gasteiger partial charge in [-0.05, 0) is 55.3 Å². The van der Waals surface area contributed by atoms with Crippen LogP contribution in [-0.2, 0) is 0 Å². The Bertz CT molecular complexity index is 623. The van der Waals surface area contributed by atoms with Crippen molar-refractivity contribution in [1.29, 1.82) is 0 Å². The summed E-state index contributed by atoms with van der Waals surface area (Å²) in [4.78, 5) is 0.380. The molecule has 20 heavy (non-hydrogen) atoms. The van der Waals surface area contributed by atoms with Crippen LogP contribution in [0.1, 0.15) is 29.7 Å². The molecule has 0 aliphatic carbocycles. The molecule has 2 aromatic rings. The number of hydrogen-bond acceptors (Lipinski definition) is 2. The van der Waals surface area contributed by atoms with Crippen LogP contribution in [0.25, 0.3) is 0 Å². The van der Waals surface area contributed by atoms with Crippen molar-refractivity contribution in [2.24, 2.45) is 5.73 Å². The number of anilines is 1. The fraction of sp³-hybridized carbons (Fsp3) is 0.188. The summed E-state index contributed by atoms with van der Waals surface area (Å²) in [6, 6.07) is 12.9. The Balaban J connectivity index is 2.12. The molecule has 4 heteroatoms. The fourth-order valence-corrected chi connectivity index (χ4v) is 2.08. The molecule has 0 heterocycles. The molecule has 0 fully saturated rings. The number of thiocarbonyl (C=S) groups is 1. The van der Waals surface area contributed by atoms with E-state index in [9.17, 15) is 4.39 Å². The highest BCUT2D eigenvalue weighted by atomic mass is 32.1. The van der Waals surface area contributed by atoms with Crippen molar-refractivity contribution in [3.8, 4) is 0 Å². The lowest BCUT2D eigenvalue weighted by molar-refractivity contribution is 0.614. The van der Waals surface area contributed by atoms with E-state index in [1.54, 1.807) is 19.1 Å². The maximum Gasteiger partial charge on any atom is 0.126 e. The Morgan fingerprint density at radius 1 is 1.20 bits per heavy atom. The van der Waals surface area contributed by atoms with Gasteiger partial charge < -0.3 is 11.1 Å². The molecule has 0 saturated heterocycles. The van der Waals surface area contributed by atoms with Crippen LogP contribution in [0, 0.1) is 12.7 Å². The Morgan fingerprint density at radius 3 is 2.40 bits per heavy atom. The maximum absolute atomic E-state index is 13.6.